The molecule has 0 saturated carbocycles. The molecule has 2 heterocycles. The largest absolute Gasteiger partial charge is 0.294 e. The number of aromatic nitrogens is 1. The van der Waals surface area contributed by atoms with E-state index in [2.05, 4.69) is 36.8 Å². The van der Waals surface area contributed by atoms with Crippen LogP contribution in [0.3, 0.4) is 0 Å². The van der Waals surface area contributed by atoms with Crippen molar-refractivity contribution in [2.24, 2.45) is 0 Å². The van der Waals surface area contributed by atoms with Crippen LogP contribution in [-0.2, 0) is 6.42 Å². The van der Waals surface area contributed by atoms with Crippen molar-refractivity contribution >= 4 is 49.0 Å². The van der Waals surface area contributed by atoms with Gasteiger partial charge >= 0.3 is 0 Å². The lowest BCUT2D eigenvalue weighted by atomic mass is 10.1. The molecule has 0 N–H and O–H groups in total. The molecule has 5 heteroatoms. The summed E-state index contributed by atoms with van der Waals surface area (Å²) in [4.78, 5) is 16.1. The number of thiophene rings is 1. The molecule has 2 aromatic heterocycles. The van der Waals surface area contributed by atoms with Crippen molar-refractivity contribution in [2.45, 2.75) is 6.42 Å². The van der Waals surface area contributed by atoms with Crippen molar-refractivity contribution in [2.75, 3.05) is 0 Å². The number of hydrogen-bond acceptors (Lipinski definition) is 3. The smallest absolute Gasteiger partial charge is 0.170 e. The molecule has 0 aliphatic carbocycles. The van der Waals surface area contributed by atoms with Crippen molar-refractivity contribution in [3.8, 4) is 0 Å². The maximum atomic E-state index is 12.0. The summed E-state index contributed by atoms with van der Waals surface area (Å²) >= 11 is 8.24. The summed E-state index contributed by atoms with van der Waals surface area (Å²) in [5.41, 5.74) is 1.50. The Morgan fingerprint density at radius 2 is 2.19 bits per heavy atom. The van der Waals surface area contributed by atoms with Gasteiger partial charge in [-0.05, 0) is 50.1 Å². The second-order valence-corrected chi connectivity index (χ2v) is 6.91. The number of halogens is 2. The fourth-order valence-corrected chi connectivity index (χ4v) is 4.15. The van der Waals surface area contributed by atoms with Gasteiger partial charge < -0.3 is 0 Å². The van der Waals surface area contributed by atoms with Gasteiger partial charge in [0.15, 0.2) is 5.78 Å². The number of rotatable bonds is 3. The summed E-state index contributed by atoms with van der Waals surface area (Å²) in [6.45, 7) is 0. The Balaban J connectivity index is 2.18. The number of carbonyl (C=O) groups excluding carboxylic acids is 1. The molecule has 0 radical (unpaired) electrons. The van der Waals surface area contributed by atoms with Crippen LogP contribution in [0.5, 0.6) is 0 Å². The summed E-state index contributed by atoms with van der Waals surface area (Å²) in [5.74, 6) is 0.0764. The molecule has 0 amide bonds. The molecule has 2 aromatic rings. The first kappa shape index (κ1) is 12.0. The molecule has 0 aliphatic rings. The quantitative estimate of drug-likeness (QED) is 0.771. The van der Waals surface area contributed by atoms with Gasteiger partial charge in [0.2, 0.25) is 0 Å². The van der Waals surface area contributed by atoms with Gasteiger partial charge in [0.05, 0.1) is 14.0 Å². The van der Waals surface area contributed by atoms with Crippen molar-refractivity contribution in [3.63, 3.8) is 0 Å². The molecule has 0 saturated heterocycles. The van der Waals surface area contributed by atoms with Crippen LogP contribution < -0.4 is 0 Å². The third-order valence-electron chi connectivity index (χ3n) is 2.02. The SMILES string of the molecule is O=C(Cc1ccccn1)c1cc(Br)sc1Br. The van der Waals surface area contributed by atoms with Crippen LogP contribution in [0.4, 0.5) is 0 Å². The fraction of sp³-hybridized carbons (Fsp3) is 0.0909. The van der Waals surface area contributed by atoms with E-state index in [1.54, 1.807) is 6.20 Å². The number of nitrogens with zero attached hydrogens (tertiary/aromatic N) is 1. The van der Waals surface area contributed by atoms with Crippen LogP contribution in [-0.4, -0.2) is 10.8 Å². The van der Waals surface area contributed by atoms with E-state index in [4.69, 9.17) is 0 Å². The summed E-state index contributed by atoms with van der Waals surface area (Å²) in [6, 6.07) is 7.41. The zero-order valence-corrected chi connectivity index (χ0v) is 12.1. The van der Waals surface area contributed by atoms with Gasteiger partial charge in [0.25, 0.3) is 0 Å². The molecule has 2 rings (SSSR count). The Bertz CT molecular complexity index is 510. The average molecular weight is 361 g/mol. The molecule has 82 valence electrons. The molecule has 0 fully saturated rings. The molecular formula is C11H7Br2NOS. The minimum Gasteiger partial charge on any atom is -0.294 e. The number of pyridine rings is 1. The Morgan fingerprint density at radius 3 is 2.75 bits per heavy atom. The first-order valence-electron chi connectivity index (χ1n) is 4.55. The zero-order chi connectivity index (χ0) is 11.5. The summed E-state index contributed by atoms with van der Waals surface area (Å²) in [6.07, 6.45) is 2.03. The lowest BCUT2D eigenvalue weighted by molar-refractivity contribution is 0.0991. The fourth-order valence-electron chi connectivity index (χ4n) is 1.29. The molecule has 0 unspecified atom stereocenters. The number of ketones is 1. The maximum absolute atomic E-state index is 12.0. The maximum Gasteiger partial charge on any atom is 0.170 e. The molecule has 0 bridgehead atoms. The van der Waals surface area contributed by atoms with Gasteiger partial charge in [0.1, 0.15) is 0 Å². The Hall–Kier alpha value is -0.520. The monoisotopic (exact) mass is 359 g/mol. The molecular weight excluding hydrogens is 354 g/mol. The van der Waals surface area contributed by atoms with Crippen LogP contribution in [0.1, 0.15) is 16.1 Å². The van der Waals surface area contributed by atoms with E-state index in [9.17, 15) is 4.79 Å². The van der Waals surface area contributed by atoms with E-state index in [1.807, 2.05) is 24.3 Å². The molecule has 16 heavy (non-hydrogen) atoms. The highest BCUT2D eigenvalue weighted by Crippen LogP contribution is 2.32. The van der Waals surface area contributed by atoms with Gasteiger partial charge in [0, 0.05) is 17.5 Å². The Kier molecular flexibility index (Phi) is 3.89. The van der Waals surface area contributed by atoms with E-state index in [0.29, 0.717) is 12.0 Å². The number of hydrogen-bond donors (Lipinski definition) is 0. The number of Topliss-reactive ketones (excluding diaryl/α,β-unsaturated/α-hetero) is 1. The number of carbonyl (C=O) groups is 1. The van der Waals surface area contributed by atoms with Crippen molar-refractivity contribution in [3.05, 3.63) is 49.3 Å². The summed E-state index contributed by atoms with van der Waals surface area (Å²) in [7, 11) is 0. The van der Waals surface area contributed by atoms with E-state index >= 15 is 0 Å². The lowest BCUT2D eigenvalue weighted by Gasteiger charge is -1.98. The first-order valence-corrected chi connectivity index (χ1v) is 6.95. The van der Waals surface area contributed by atoms with Crippen molar-refractivity contribution in [1.82, 2.24) is 4.98 Å². The van der Waals surface area contributed by atoms with E-state index in [-0.39, 0.29) is 5.78 Å². The Labute approximate surface area is 114 Å². The highest BCUT2D eigenvalue weighted by molar-refractivity contribution is 9.12. The van der Waals surface area contributed by atoms with Gasteiger partial charge in [-0.2, -0.15) is 0 Å². The van der Waals surface area contributed by atoms with Gasteiger partial charge in [-0.15, -0.1) is 11.3 Å². The molecule has 0 aliphatic heterocycles. The zero-order valence-electron chi connectivity index (χ0n) is 8.11. The van der Waals surface area contributed by atoms with Gasteiger partial charge in [-0.3, -0.25) is 9.78 Å². The minimum atomic E-state index is 0.0764. The minimum absolute atomic E-state index is 0.0764. The third kappa shape index (κ3) is 2.78. The van der Waals surface area contributed by atoms with Crippen molar-refractivity contribution < 1.29 is 4.79 Å². The second kappa shape index (κ2) is 5.21. The van der Waals surface area contributed by atoms with Crippen LogP contribution >= 0.6 is 43.2 Å². The van der Waals surface area contributed by atoms with Crippen LogP contribution in [0, 0.1) is 0 Å². The predicted molar refractivity (Wildman–Crippen MR) is 72.0 cm³/mol. The Morgan fingerprint density at radius 1 is 1.38 bits per heavy atom. The van der Waals surface area contributed by atoms with E-state index < -0.39 is 0 Å². The normalized spacial score (nSPS) is 10.4. The van der Waals surface area contributed by atoms with Crippen LogP contribution in [0.15, 0.2) is 38.0 Å². The molecule has 2 nitrogen and oxygen atoms in total. The standard InChI is InChI=1S/C11H7Br2NOS/c12-10-6-8(11(13)16-10)9(15)5-7-3-1-2-4-14-7/h1-4,6H,5H2. The molecule has 0 spiro atoms. The van der Waals surface area contributed by atoms with E-state index in [1.165, 1.54) is 11.3 Å². The molecule has 0 atom stereocenters. The van der Waals surface area contributed by atoms with Gasteiger partial charge in [-0.25, -0.2) is 0 Å². The second-order valence-electron chi connectivity index (χ2n) is 3.16. The predicted octanol–water partition coefficient (Wildman–Crippen LogP) is 4.09. The lowest BCUT2D eigenvalue weighted by Crippen LogP contribution is -2.04. The third-order valence-corrected chi connectivity index (χ3v) is 4.36. The average Bonchev–Trinajstić information content (AvgIpc) is 2.59. The van der Waals surface area contributed by atoms with Crippen LogP contribution in [0.25, 0.3) is 0 Å². The highest BCUT2D eigenvalue weighted by Gasteiger charge is 2.14. The van der Waals surface area contributed by atoms with Crippen LogP contribution in [0.2, 0.25) is 0 Å². The summed E-state index contributed by atoms with van der Waals surface area (Å²) < 4.78 is 1.81. The first-order chi connectivity index (χ1) is 7.66. The highest BCUT2D eigenvalue weighted by atomic mass is 79.9. The summed E-state index contributed by atoms with van der Waals surface area (Å²) in [5, 5.41) is 0. The van der Waals surface area contributed by atoms with E-state index in [0.717, 1.165) is 13.3 Å². The van der Waals surface area contributed by atoms with Gasteiger partial charge in [-0.1, -0.05) is 6.07 Å². The van der Waals surface area contributed by atoms with Crippen molar-refractivity contribution in [1.29, 1.82) is 0 Å². The molecule has 0 aromatic carbocycles. The topological polar surface area (TPSA) is 30.0 Å².